The van der Waals surface area contributed by atoms with Crippen molar-refractivity contribution in [2.75, 3.05) is 6.61 Å². The molecule has 1 heterocycles. The summed E-state index contributed by atoms with van der Waals surface area (Å²) >= 11 is 0. The molecule has 0 amide bonds. The van der Waals surface area contributed by atoms with E-state index in [1.165, 1.54) is 16.7 Å². The first-order chi connectivity index (χ1) is 12.4. The number of benzene rings is 1. The van der Waals surface area contributed by atoms with Gasteiger partial charge in [-0.1, -0.05) is 25.1 Å². The molecule has 0 aliphatic carbocycles. The Morgan fingerprint density at radius 1 is 1.15 bits per heavy atom. The molecule has 6 heteroatoms. The van der Waals surface area contributed by atoms with Gasteiger partial charge < -0.3 is 14.0 Å². The lowest BCUT2D eigenvalue weighted by Crippen LogP contribution is -2.12. The third kappa shape index (κ3) is 5.18. The summed E-state index contributed by atoms with van der Waals surface area (Å²) in [4.78, 5) is 27.4. The van der Waals surface area contributed by atoms with Crippen LogP contribution in [0, 0.1) is 13.8 Å². The van der Waals surface area contributed by atoms with Crippen LogP contribution in [0.25, 0.3) is 0 Å². The van der Waals surface area contributed by atoms with E-state index in [2.05, 4.69) is 44.0 Å². The SMILES string of the molecule is CCOC(=O)CCC(=O)OCn1cnc([C@@H](C)c2cccc(C)c2C)c1. The Bertz CT molecular complexity index is 767. The van der Waals surface area contributed by atoms with Gasteiger partial charge in [0.15, 0.2) is 6.73 Å². The van der Waals surface area contributed by atoms with Crippen LogP contribution in [0.15, 0.2) is 30.7 Å². The molecule has 0 N–H and O–H groups in total. The molecule has 0 saturated carbocycles. The fourth-order valence-electron chi connectivity index (χ4n) is 2.73. The molecular weight excluding hydrogens is 332 g/mol. The number of esters is 2. The average Bonchev–Trinajstić information content (AvgIpc) is 3.09. The number of nitrogens with zero attached hydrogens (tertiary/aromatic N) is 2. The van der Waals surface area contributed by atoms with Crippen LogP contribution in [0.3, 0.4) is 0 Å². The van der Waals surface area contributed by atoms with E-state index in [0.29, 0.717) is 6.61 Å². The van der Waals surface area contributed by atoms with Crippen LogP contribution in [0.4, 0.5) is 0 Å². The normalized spacial score (nSPS) is 11.8. The maximum absolute atomic E-state index is 11.7. The summed E-state index contributed by atoms with van der Waals surface area (Å²) in [6.07, 6.45) is 3.57. The van der Waals surface area contributed by atoms with Crippen molar-refractivity contribution in [3.05, 3.63) is 53.1 Å². The Hall–Kier alpha value is -2.63. The molecule has 0 spiro atoms. The predicted molar refractivity (Wildman–Crippen MR) is 97.6 cm³/mol. The van der Waals surface area contributed by atoms with Gasteiger partial charge in [0.1, 0.15) is 0 Å². The summed E-state index contributed by atoms with van der Waals surface area (Å²) in [5.41, 5.74) is 4.67. The molecule has 0 fully saturated rings. The van der Waals surface area contributed by atoms with E-state index in [-0.39, 0.29) is 25.5 Å². The van der Waals surface area contributed by atoms with Gasteiger partial charge in [-0.05, 0) is 37.5 Å². The molecule has 0 aliphatic rings. The van der Waals surface area contributed by atoms with Crippen molar-refractivity contribution in [2.24, 2.45) is 0 Å². The van der Waals surface area contributed by atoms with Crippen LogP contribution in [0.2, 0.25) is 0 Å². The number of hydrogen-bond donors (Lipinski definition) is 0. The minimum atomic E-state index is -0.434. The number of aromatic nitrogens is 2. The number of rotatable bonds is 8. The topological polar surface area (TPSA) is 70.4 Å². The van der Waals surface area contributed by atoms with Gasteiger partial charge in [0.25, 0.3) is 0 Å². The van der Waals surface area contributed by atoms with Crippen molar-refractivity contribution in [3.63, 3.8) is 0 Å². The first-order valence-electron chi connectivity index (χ1n) is 8.81. The molecule has 2 aromatic rings. The van der Waals surface area contributed by atoms with E-state index in [9.17, 15) is 9.59 Å². The Kier molecular flexibility index (Phi) is 6.95. The number of carbonyl (C=O) groups is 2. The lowest BCUT2D eigenvalue weighted by atomic mass is 9.92. The van der Waals surface area contributed by atoms with Crippen molar-refractivity contribution in [1.82, 2.24) is 9.55 Å². The van der Waals surface area contributed by atoms with Gasteiger partial charge in [0.2, 0.25) is 0 Å². The summed E-state index contributed by atoms with van der Waals surface area (Å²) in [5, 5.41) is 0. The summed E-state index contributed by atoms with van der Waals surface area (Å²) in [6.45, 7) is 8.44. The number of imidazole rings is 1. The molecule has 0 aliphatic heterocycles. The summed E-state index contributed by atoms with van der Waals surface area (Å²) < 4.78 is 11.7. The van der Waals surface area contributed by atoms with Gasteiger partial charge >= 0.3 is 11.9 Å². The lowest BCUT2D eigenvalue weighted by molar-refractivity contribution is -0.152. The third-order valence-electron chi connectivity index (χ3n) is 4.42. The van der Waals surface area contributed by atoms with E-state index >= 15 is 0 Å². The van der Waals surface area contributed by atoms with Crippen LogP contribution in [-0.4, -0.2) is 28.1 Å². The largest absolute Gasteiger partial charge is 0.466 e. The monoisotopic (exact) mass is 358 g/mol. The molecular formula is C20H26N2O4. The lowest BCUT2D eigenvalue weighted by Gasteiger charge is -2.14. The highest BCUT2D eigenvalue weighted by Crippen LogP contribution is 2.27. The second-order valence-electron chi connectivity index (χ2n) is 6.27. The smallest absolute Gasteiger partial charge is 0.308 e. The summed E-state index contributed by atoms with van der Waals surface area (Å²) in [5.74, 6) is -0.678. The molecule has 0 unspecified atom stereocenters. The van der Waals surface area contributed by atoms with Crippen LogP contribution >= 0.6 is 0 Å². The Labute approximate surface area is 154 Å². The first-order valence-corrected chi connectivity index (χ1v) is 8.81. The van der Waals surface area contributed by atoms with Crippen molar-refractivity contribution in [3.8, 4) is 0 Å². The zero-order chi connectivity index (χ0) is 19.1. The van der Waals surface area contributed by atoms with Crippen LogP contribution in [0.5, 0.6) is 0 Å². The van der Waals surface area contributed by atoms with E-state index in [1.807, 2.05) is 6.20 Å². The standard InChI is InChI=1S/C20H26N2O4/c1-5-25-19(23)9-10-20(24)26-13-22-11-18(21-12-22)16(4)17-8-6-7-14(2)15(17)3/h6-8,11-12,16H,5,9-10,13H2,1-4H3/t16-/m0/s1. The Morgan fingerprint density at radius 2 is 1.85 bits per heavy atom. The third-order valence-corrected chi connectivity index (χ3v) is 4.42. The van der Waals surface area contributed by atoms with Crippen molar-refractivity contribution >= 4 is 11.9 Å². The zero-order valence-corrected chi connectivity index (χ0v) is 15.8. The minimum absolute atomic E-state index is 0.0132. The van der Waals surface area contributed by atoms with Gasteiger partial charge in [0, 0.05) is 12.1 Å². The first kappa shape index (κ1) is 19.7. The number of ether oxygens (including phenoxy) is 2. The minimum Gasteiger partial charge on any atom is -0.466 e. The fourth-order valence-corrected chi connectivity index (χ4v) is 2.73. The maximum Gasteiger partial charge on any atom is 0.308 e. The zero-order valence-electron chi connectivity index (χ0n) is 15.8. The van der Waals surface area contributed by atoms with Gasteiger partial charge in [-0.3, -0.25) is 9.59 Å². The highest BCUT2D eigenvalue weighted by molar-refractivity contribution is 5.77. The molecule has 6 nitrogen and oxygen atoms in total. The highest BCUT2D eigenvalue weighted by atomic mass is 16.5. The van der Waals surface area contributed by atoms with E-state index in [1.54, 1.807) is 17.8 Å². The second-order valence-corrected chi connectivity index (χ2v) is 6.27. The van der Waals surface area contributed by atoms with Crippen LogP contribution < -0.4 is 0 Å². The Morgan fingerprint density at radius 3 is 2.54 bits per heavy atom. The summed E-state index contributed by atoms with van der Waals surface area (Å²) in [6, 6.07) is 6.26. The molecule has 1 aromatic carbocycles. The van der Waals surface area contributed by atoms with Gasteiger partial charge in [0.05, 0.1) is 31.5 Å². The molecule has 0 saturated heterocycles. The van der Waals surface area contributed by atoms with Gasteiger partial charge in [-0.15, -0.1) is 0 Å². The van der Waals surface area contributed by atoms with Crippen molar-refractivity contribution in [1.29, 1.82) is 0 Å². The molecule has 1 atom stereocenters. The molecule has 140 valence electrons. The fraction of sp³-hybridized carbons (Fsp3) is 0.450. The number of carbonyl (C=O) groups excluding carboxylic acids is 2. The number of hydrogen-bond acceptors (Lipinski definition) is 5. The van der Waals surface area contributed by atoms with Crippen molar-refractivity contribution in [2.45, 2.75) is 53.2 Å². The molecule has 2 rings (SSSR count). The number of aryl methyl sites for hydroxylation is 1. The molecule has 26 heavy (non-hydrogen) atoms. The van der Waals surface area contributed by atoms with E-state index in [4.69, 9.17) is 9.47 Å². The predicted octanol–water partition coefficient (Wildman–Crippen LogP) is 3.50. The molecule has 0 radical (unpaired) electrons. The quantitative estimate of drug-likeness (QED) is 0.676. The molecule has 1 aromatic heterocycles. The second kappa shape index (κ2) is 9.17. The van der Waals surface area contributed by atoms with E-state index in [0.717, 1.165) is 5.69 Å². The summed E-state index contributed by atoms with van der Waals surface area (Å²) in [7, 11) is 0. The van der Waals surface area contributed by atoms with Gasteiger partial charge in [-0.2, -0.15) is 0 Å². The maximum atomic E-state index is 11.7. The Balaban J connectivity index is 1.90. The van der Waals surface area contributed by atoms with Crippen LogP contribution in [-0.2, 0) is 25.8 Å². The average molecular weight is 358 g/mol. The van der Waals surface area contributed by atoms with E-state index < -0.39 is 11.9 Å². The van der Waals surface area contributed by atoms with Crippen LogP contribution in [0.1, 0.15) is 55.0 Å². The van der Waals surface area contributed by atoms with Crippen molar-refractivity contribution < 1.29 is 19.1 Å². The molecule has 0 bridgehead atoms. The van der Waals surface area contributed by atoms with Gasteiger partial charge in [-0.25, -0.2) is 4.98 Å². The highest BCUT2D eigenvalue weighted by Gasteiger charge is 2.15.